The van der Waals surface area contributed by atoms with Crippen molar-refractivity contribution in [3.05, 3.63) is 66.4 Å². The summed E-state index contributed by atoms with van der Waals surface area (Å²) in [5, 5.41) is 16.6. The minimum absolute atomic E-state index is 0.118. The van der Waals surface area contributed by atoms with Crippen LogP contribution in [-0.2, 0) is 9.59 Å². The number of halogens is 3. The summed E-state index contributed by atoms with van der Waals surface area (Å²) in [5.41, 5.74) is 2.41. The number of ether oxygens (including phenoxy) is 1. The standard InChI is InChI=1S/C24H29N5O2.C2HF3O2/c1-16(2)14-21(23(30)26-19-10-12-20(31-4)13-11-19)28-22-15-17(3)25-24(29-22)27-18-8-6-5-7-9-18;3-2(4,5)1(6)7/h5-13,15-16,21H,14H2,1-4H3,(H,26,30)(H2,25,27,28,29);(H,6,7)/t21-;/m0./s1. The van der Waals surface area contributed by atoms with Crippen LogP contribution in [-0.4, -0.2) is 46.3 Å². The molecule has 0 unspecified atom stereocenters. The second-order valence-electron chi connectivity index (χ2n) is 8.56. The van der Waals surface area contributed by atoms with Crippen LogP contribution < -0.4 is 20.7 Å². The molecule has 12 heteroatoms. The lowest BCUT2D eigenvalue weighted by Crippen LogP contribution is -2.36. The van der Waals surface area contributed by atoms with Crippen molar-refractivity contribution in [1.82, 2.24) is 9.97 Å². The zero-order valence-corrected chi connectivity index (χ0v) is 21.3. The lowest BCUT2D eigenvalue weighted by Gasteiger charge is -2.21. The van der Waals surface area contributed by atoms with E-state index < -0.39 is 18.2 Å². The first kappa shape index (κ1) is 29.9. The van der Waals surface area contributed by atoms with Crippen LogP contribution in [0.2, 0.25) is 0 Å². The molecule has 0 spiro atoms. The number of alkyl halides is 3. The van der Waals surface area contributed by atoms with E-state index in [1.165, 1.54) is 0 Å². The minimum atomic E-state index is -5.08. The van der Waals surface area contributed by atoms with Crippen molar-refractivity contribution in [2.24, 2.45) is 5.92 Å². The molecular formula is C26H30F3N5O4. The topological polar surface area (TPSA) is 125 Å². The third-order valence-corrected chi connectivity index (χ3v) is 4.83. The van der Waals surface area contributed by atoms with Gasteiger partial charge in [0.2, 0.25) is 11.9 Å². The first-order chi connectivity index (χ1) is 17.9. The Morgan fingerprint density at radius 3 is 2.13 bits per heavy atom. The molecule has 9 nitrogen and oxygen atoms in total. The summed E-state index contributed by atoms with van der Waals surface area (Å²) in [6.07, 6.45) is -4.42. The van der Waals surface area contributed by atoms with Crippen molar-refractivity contribution in [2.75, 3.05) is 23.1 Å². The predicted octanol–water partition coefficient (Wildman–Crippen LogP) is 5.64. The molecule has 0 aliphatic carbocycles. The zero-order valence-electron chi connectivity index (χ0n) is 21.3. The summed E-state index contributed by atoms with van der Waals surface area (Å²) in [6, 6.07) is 18.4. The number of para-hydroxylation sites is 1. The van der Waals surface area contributed by atoms with E-state index in [9.17, 15) is 18.0 Å². The van der Waals surface area contributed by atoms with E-state index in [2.05, 4.69) is 39.8 Å². The number of aryl methyl sites for hydroxylation is 1. The fraction of sp³-hybridized carbons (Fsp3) is 0.308. The Morgan fingerprint density at radius 1 is 1.00 bits per heavy atom. The highest BCUT2D eigenvalue weighted by atomic mass is 19.4. The molecule has 0 bridgehead atoms. The first-order valence-corrected chi connectivity index (χ1v) is 11.6. The molecule has 1 atom stereocenters. The Hall–Kier alpha value is -4.35. The molecule has 204 valence electrons. The second kappa shape index (κ2) is 13.8. The van der Waals surface area contributed by atoms with E-state index in [1.54, 1.807) is 7.11 Å². The van der Waals surface area contributed by atoms with Crippen LogP contribution in [0, 0.1) is 12.8 Å². The van der Waals surface area contributed by atoms with Gasteiger partial charge in [-0.05, 0) is 55.7 Å². The molecule has 1 aromatic heterocycles. The summed E-state index contributed by atoms with van der Waals surface area (Å²) >= 11 is 0. The molecule has 38 heavy (non-hydrogen) atoms. The minimum Gasteiger partial charge on any atom is -0.497 e. The van der Waals surface area contributed by atoms with Crippen LogP contribution in [0.25, 0.3) is 0 Å². The molecule has 3 rings (SSSR count). The lowest BCUT2D eigenvalue weighted by molar-refractivity contribution is -0.192. The zero-order chi connectivity index (χ0) is 28.3. The maximum absolute atomic E-state index is 13.0. The van der Waals surface area contributed by atoms with Gasteiger partial charge >= 0.3 is 12.1 Å². The van der Waals surface area contributed by atoms with Crippen molar-refractivity contribution in [3.8, 4) is 5.75 Å². The van der Waals surface area contributed by atoms with Gasteiger partial charge in [-0.3, -0.25) is 4.79 Å². The van der Waals surface area contributed by atoms with Crippen molar-refractivity contribution >= 4 is 35.0 Å². The number of benzene rings is 2. The Kier molecular flexibility index (Phi) is 10.9. The molecule has 4 N–H and O–H groups in total. The number of nitrogens with zero attached hydrogens (tertiary/aromatic N) is 2. The third-order valence-electron chi connectivity index (χ3n) is 4.83. The summed E-state index contributed by atoms with van der Waals surface area (Å²) in [7, 11) is 1.61. The number of aromatic nitrogens is 2. The summed E-state index contributed by atoms with van der Waals surface area (Å²) in [4.78, 5) is 30.9. The molecule has 0 saturated heterocycles. The number of carbonyl (C=O) groups excluding carboxylic acids is 1. The molecule has 0 saturated carbocycles. The van der Waals surface area contributed by atoms with Gasteiger partial charge in [0.05, 0.1) is 7.11 Å². The van der Waals surface area contributed by atoms with E-state index in [0.717, 1.165) is 17.1 Å². The lowest BCUT2D eigenvalue weighted by atomic mass is 10.0. The maximum Gasteiger partial charge on any atom is 0.490 e. The van der Waals surface area contributed by atoms with E-state index >= 15 is 0 Å². The Labute approximate surface area is 218 Å². The second-order valence-corrected chi connectivity index (χ2v) is 8.56. The quantitative estimate of drug-likeness (QED) is 0.279. The van der Waals surface area contributed by atoms with E-state index in [4.69, 9.17) is 14.6 Å². The van der Waals surface area contributed by atoms with Crippen molar-refractivity contribution in [1.29, 1.82) is 0 Å². The van der Waals surface area contributed by atoms with Gasteiger partial charge in [-0.1, -0.05) is 32.0 Å². The summed E-state index contributed by atoms with van der Waals surface area (Å²) in [5.74, 6) is -0.733. The number of rotatable bonds is 9. The maximum atomic E-state index is 13.0. The van der Waals surface area contributed by atoms with Gasteiger partial charge in [-0.2, -0.15) is 18.2 Å². The number of methoxy groups -OCH3 is 1. The van der Waals surface area contributed by atoms with Gasteiger partial charge in [-0.15, -0.1) is 0 Å². The number of hydrogen-bond donors (Lipinski definition) is 4. The van der Waals surface area contributed by atoms with E-state index in [-0.39, 0.29) is 5.91 Å². The van der Waals surface area contributed by atoms with Gasteiger partial charge in [0.15, 0.2) is 0 Å². The molecule has 0 aliphatic heterocycles. The Balaban J connectivity index is 0.000000638. The third kappa shape index (κ3) is 10.3. The smallest absolute Gasteiger partial charge is 0.490 e. The number of aliphatic carboxylic acids is 1. The summed E-state index contributed by atoms with van der Waals surface area (Å²) < 4.78 is 36.9. The highest BCUT2D eigenvalue weighted by Gasteiger charge is 2.38. The van der Waals surface area contributed by atoms with Crippen LogP contribution >= 0.6 is 0 Å². The summed E-state index contributed by atoms with van der Waals surface area (Å²) in [6.45, 7) is 6.07. The SMILES string of the molecule is COc1ccc(NC(=O)[C@H](CC(C)C)Nc2cc(C)nc(Nc3ccccc3)n2)cc1.O=C(O)C(F)(F)F. The highest BCUT2D eigenvalue weighted by molar-refractivity contribution is 5.96. The number of nitrogens with one attached hydrogen (secondary N) is 3. The number of carbonyl (C=O) groups is 2. The largest absolute Gasteiger partial charge is 0.497 e. The number of carboxylic acids is 1. The van der Waals surface area contributed by atoms with Crippen LogP contribution in [0.4, 0.5) is 36.3 Å². The highest BCUT2D eigenvalue weighted by Crippen LogP contribution is 2.20. The molecule has 0 fully saturated rings. The van der Waals surface area contributed by atoms with Crippen molar-refractivity contribution in [2.45, 2.75) is 39.4 Å². The van der Waals surface area contributed by atoms with Crippen molar-refractivity contribution < 1.29 is 32.6 Å². The number of anilines is 4. The normalized spacial score (nSPS) is 11.6. The van der Waals surface area contributed by atoms with Crippen LogP contribution in [0.5, 0.6) is 5.75 Å². The monoisotopic (exact) mass is 533 g/mol. The number of amides is 1. The Bertz CT molecular complexity index is 1190. The van der Waals surface area contributed by atoms with E-state index in [1.807, 2.05) is 67.6 Å². The average molecular weight is 534 g/mol. The van der Waals surface area contributed by atoms with Gasteiger partial charge < -0.3 is 25.8 Å². The van der Waals surface area contributed by atoms with Crippen molar-refractivity contribution in [3.63, 3.8) is 0 Å². The van der Waals surface area contributed by atoms with Gasteiger partial charge in [0, 0.05) is 23.1 Å². The van der Waals surface area contributed by atoms with E-state index in [0.29, 0.717) is 29.8 Å². The number of carboxylic acid groups (broad SMARTS) is 1. The van der Waals surface area contributed by atoms with Crippen LogP contribution in [0.1, 0.15) is 26.0 Å². The molecule has 0 aliphatic rings. The first-order valence-electron chi connectivity index (χ1n) is 11.6. The van der Waals surface area contributed by atoms with Gasteiger partial charge in [0.1, 0.15) is 17.6 Å². The van der Waals surface area contributed by atoms with Crippen LogP contribution in [0.3, 0.4) is 0 Å². The number of hydrogen-bond acceptors (Lipinski definition) is 7. The predicted molar refractivity (Wildman–Crippen MR) is 139 cm³/mol. The Morgan fingerprint density at radius 2 is 1.61 bits per heavy atom. The molecule has 2 aromatic carbocycles. The van der Waals surface area contributed by atoms with Gasteiger partial charge in [-0.25, -0.2) is 9.78 Å². The molecule has 3 aromatic rings. The molecule has 0 radical (unpaired) electrons. The molecule has 1 heterocycles. The fourth-order valence-corrected chi connectivity index (χ4v) is 3.13. The fourth-order valence-electron chi connectivity index (χ4n) is 3.13. The molecular weight excluding hydrogens is 503 g/mol. The van der Waals surface area contributed by atoms with Crippen LogP contribution in [0.15, 0.2) is 60.7 Å². The van der Waals surface area contributed by atoms with Gasteiger partial charge in [0.25, 0.3) is 0 Å². The molecule has 1 amide bonds. The average Bonchev–Trinajstić information content (AvgIpc) is 2.84.